The molecule has 0 aliphatic carbocycles. The molecule has 0 bridgehead atoms. The number of amides is 1. The molecular weight excluding hydrogens is 290 g/mol. The van der Waals surface area contributed by atoms with Crippen molar-refractivity contribution in [2.24, 2.45) is 5.41 Å². The van der Waals surface area contributed by atoms with Crippen LogP contribution in [0.15, 0.2) is 16.5 Å². The fourth-order valence-corrected chi connectivity index (χ4v) is 2.79. The van der Waals surface area contributed by atoms with Gasteiger partial charge in [-0.05, 0) is 25.3 Å². The summed E-state index contributed by atoms with van der Waals surface area (Å²) in [6, 6.07) is 3.10. The van der Waals surface area contributed by atoms with Crippen LogP contribution in [0, 0.1) is 5.41 Å². The van der Waals surface area contributed by atoms with Crippen molar-refractivity contribution in [3.05, 3.63) is 17.9 Å². The molecule has 7 nitrogen and oxygen atoms in total. The second-order valence-corrected chi connectivity index (χ2v) is 5.48. The van der Waals surface area contributed by atoms with Crippen LogP contribution in [0.5, 0.6) is 5.95 Å². The smallest absolute Gasteiger partial charge is 0.311 e. The van der Waals surface area contributed by atoms with E-state index >= 15 is 0 Å². The van der Waals surface area contributed by atoms with Crippen LogP contribution in [-0.4, -0.2) is 55.8 Å². The molecule has 0 aromatic carbocycles. The van der Waals surface area contributed by atoms with Gasteiger partial charge in [-0.1, -0.05) is 0 Å². The maximum atomic E-state index is 12.5. The second kappa shape index (κ2) is 6.83. The molecule has 1 aromatic heterocycles. The number of rotatable bonds is 6. The van der Waals surface area contributed by atoms with E-state index in [1.807, 2.05) is 0 Å². The maximum absolute atomic E-state index is 12.5. The number of hydrogen-bond donors (Lipinski definition) is 1. The number of hydrogen-bond acceptors (Lipinski definition) is 5. The van der Waals surface area contributed by atoms with Crippen LogP contribution in [0.25, 0.3) is 0 Å². The van der Waals surface area contributed by atoms with Crippen molar-refractivity contribution >= 4 is 11.9 Å². The lowest BCUT2D eigenvalue weighted by Gasteiger charge is -2.39. The fraction of sp³-hybridized carbons (Fsp3) is 0.600. The number of carbonyl (C=O) groups excluding carboxylic acids is 1. The Morgan fingerprint density at radius 1 is 1.41 bits per heavy atom. The second-order valence-electron chi connectivity index (χ2n) is 5.48. The molecule has 22 heavy (non-hydrogen) atoms. The summed E-state index contributed by atoms with van der Waals surface area (Å²) in [5.41, 5.74) is -0.958. The highest BCUT2D eigenvalue weighted by molar-refractivity contribution is 5.92. The molecule has 1 aliphatic heterocycles. The average molecular weight is 311 g/mol. The summed E-state index contributed by atoms with van der Waals surface area (Å²) in [7, 11) is 2.99. The fourth-order valence-electron chi connectivity index (χ4n) is 2.79. The molecule has 1 aromatic rings. The number of carboxylic acid groups (broad SMARTS) is 1. The van der Waals surface area contributed by atoms with E-state index in [2.05, 4.69) is 0 Å². The third-order valence-electron chi connectivity index (χ3n) is 4.10. The van der Waals surface area contributed by atoms with Gasteiger partial charge in [0.1, 0.15) is 0 Å². The van der Waals surface area contributed by atoms with E-state index in [4.69, 9.17) is 13.9 Å². The molecule has 0 radical (unpaired) electrons. The van der Waals surface area contributed by atoms with Crippen molar-refractivity contribution in [3.8, 4) is 5.95 Å². The number of piperidine rings is 1. The van der Waals surface area contributed by atoms with Gasteiger partial charge in [-0.2, -0.15) is 0 Å². The van der Waals surface area contributed by atoms with Gasteiger partial charge in [-0.15, -0.1) is 0 Å². The Morgan fingerprint density at radius 3 is 2.77 bits per heavy atom. The predicted octanol–water partition coefficient (Wildman–Crippen LogP) is 1.63. The first-order valence-electron chi connectivity index (χ1n) is 7.18. The summed E-state index contributed by atoms with van der Waals surface area (Å²) in [5.74, 6) is -0.792. The highest BCUT2D eigenvalue weighted by Crippen LogP contribution is 2.35. The van der Waals surface area contributed by atoms with Gasteiger partial charge in [0.05, 0.1) is 12.5 Å². The standard InChI is InChI=1S/C15H21NO6/c1-20-9-7-15(14(18)19)6-3-8-16(10-15)13(17)11-4-5-12(21-2)22-11/h4-5H,3,6-10H2,1-2H3,(H,18,19)/t15-/m0/s1. The molecule has 0 spiro atoms. The number of methoxy groups -OCH3 is 2. The third kappa shape index (κ3) is 3.24. The molecule has 1 fully saturated rings. The van der Waals surface area contributed by atoms with Crippen molar-refractivity contribution in [2.45, 2.75) is 19.3 Å². The zero-order valence-corrected chi connectivity index (χ0v) is 12.8. The highest BCUT2D eigenvalue weighted by Gasteiger charge is 2.43. The Balaban J connectivity index is 2.14. The van der Waals surface area contributed by atoms with Crippen molar-refractivity contribution in [1.82, 2.24) is 4.90 Å². The number of aliphatic carboxylic acids is 1. The summed E-state index contributed by atoms with van der Waals surface area (Å²) < 4.78 is 15.2. The lowest BCUT2D eigenvalue weighted by atomic mass is 9.77. The molecule has 1 saturated heterocycles. The molecule has 2 rings (SSSR count). The van der Waals surface area contributed by atoms with E-state index in [-0.39, 0.29) is 24.2 Å². The van der Waals surface area contributed by atoms with Gasteiger partial charge >= 0.3 is 5.97 Å². The molecule has 7 heteroatoms. The van der Waals surface area contributed by atoms with Crippen molar-refractivity contribution in [3.63, 3.8) is 0 Å². The molecule has 0 unspecified atom stereocenters. The summed E-state index contributed by atoms with van der Waals surface area (Å²) in [4.78, 5) is 25.7. The first-order chi connectivity index (χ1) is 10.5. The molecule has 122 valence electrons. The number of carbonyl (C=O) groups is 2. The van der Waals surface area contributed by atoms with Crippen LogP contribution in [0.3, 0.4) is 0 Å². The quantitative estimate of drug-likeness (QED) is 0.859. The normalized spacial score (nSPS) is 21.6. The maximum Gasteiger partial charge on any atom is 0.311 e. The van der Waals surface area contributed by atoms with Crippen LogP contribution >= 0.6 is 0 Å². The number of nitrogens with zero attached hydrogens (tertiary/aromatic N) is 1. The topological polar surface area (TPSA) is 89.2 Å². The molecular formula is C15H21NO6. The van der Waals surface area contributed by atoms with E-state index in [1.165, 1.54) is 25.2 Å². The SMILES string of the molecule is COCC[C@@]1(C(=O)O)CCCN(C(=O)c2ccc(OC)o2)C1. The van der Waals surface area contributed by atoms with Crippen LogP contribution in [0.2, 0.25) is 0 Å². The Labute approximate surface area is 128 Å². The summed E-state index contributed by atoms with van der Waals surface area (Å²) in [6.45, 7) is 1.03. The molecule has 1 N–H and O–H groups in total. The number of furan rings is 1. The molecule has 1 atom stereocenters. The molecule has 1 amide bonds. The van der Waals surface area contributed by atoms with Gasteiger partial charge < -0.3 is 23.9 Å². The minimum Gasteiger partial charge on any atom is -0.481 e. The van der Waals surface area contributed by atoms with E-state index < -0.39 is 11.4 Å². The first kappa shape index (κ1) is 16.4. The summed E-state index contributed by atoms with van der Waals surface area (Å²) in [6.07, 6.45) is 1.56. The van der Waals surface area contributed by atoms with E-state index in [0.29, 0.717) is 32.4 Å². The Bertz CT molecular complexity index is 540. The minimum atomic E-state index is -0.958. The van der Waals surface area contributed by atoms with Crippen LogP contribution in [-0.2, 0) is 9.53 Å². The molecule has 1 aliphatic rings. The number of carboxylic acids is 1. The Hall–Kier alpha value is -2.02. The lowest BCUT2D eigenvalue weighted by molar-refractivity contribution is -0.153. The van der Waals surface area contributed by atoms with Crippen LogP contribution in [0.1, 0.15) is 29.8 Å². The van der Waals surface area contributed by atoms with Crippen molar-refractivity contribution in [1.29, 1.82) is 0 Å². The van der Waals surface area contributed by atoms with Crippen LogP contribution < -0.4 is 4.74 Å². The Morgan fingerprint density at radius 2 is 2.18 bits per heavy atom. The zero-order chi connectivity index (χ0) is 16.2. The third-order valence-corrected chi connectivity index (χ3v) is 4.10. The number of ether oxygens (including phenoxy) is 2. The van der Waals surface area contributed by atoms with Gasteiger partial charge in [-0.25, -0.2) is 0 Å². The highest BCUT2D eigenvalue weighted by atomic mass is 16.6. The van der Waals surface area contributed by atoms with E-state index in [9.17, 15) is 14.7 Å². The minimum absolute atomic E-state index is 0.157. The van der Waals surface area contributed by atoms with E-state index in [0.717, 1.165) is 0 Å². The first-order valence-corrected chi connectivity index (χ1v) is 7.18. The lowest BCUT2D eigenvalue weighted by Crippen LogP contribution is -2.50. The summed E-state index contributed by atoms with van der Waals surface area (Å²) in [5, 5.41) is 9.59. The molecule has 0 saturated carbocycles. The zero-order valence-electron chi connectivity index (χ0n) is 12.8. The van der Waals surface area contributed by atoms with Gasteiger partial charge in [0.25, 0.3) is 11.9 Å². The van der Waals surface area contributed by atoms with Gasteiger partial charge in [0.2, 0.25) is 0 Å². The van der Waals surface area contributed by atoms with E-state index in [1.54, 1.807) is 6.07 Å². The monoisotopic (exact) mass is 311 g/mol. The van der Waals surface area contributed by atoms with Gasteiger partial charge in [0, 0.05) is 32.9 Å². The van der Waals surface area contributed by atoms with Crippen LogP contribution in [0.4, 0.5) is 0 Å². The van der Waals surface area contributed by atoms with Gasteiger partial charge in [-0.3, -0.25) is 9.59 Å². The number of likely N-dealkylation sites (tertiary alicyclic amines) is 1. The predicted molar refractivity (Wildman–Crippen MR) is 77.0 cm³/mol. The largest absolute Gasteiger partial charge is 0.481 e. The Kier molecular flexibility index (Phi) is 5.07. The van der Waals surface area contributed by atoms with Crippen molar-refractivity contribution in [2.75, 3.05) is 33.9 Å². The average Bonchev–Trinajstić information content (AvgIpc) is 3.01. The molecule has 2 heterocycles. The van der Waals surface area contributed by atoms with Crippen molar-refractivity contribution < 1.29 is 28.6 Å². The summed E-state index contributed by atoms with van der Waals surface area (Å²) >= 11 is 0. The van der Waals surface area contributed by atoms with Gasteiger partial charge in [0.15, 0.2) is 5.76 Å².